The number of amides is 1. The van der Waals surface area contributed by atoms with E-state index in [9.17, 15) is 4.79 Å². The third kappa shape index (κ3) is 3.03. The summed E-state index contributed by atoms with van der Waals surface area (Å²) in [6.45, 7) is 8.45. The summed E-state index contributed by atoms with van der Waals surface area (Å²) in [7, 11) is 0. The van der Waals surface area contributed by atoms with E-state index in [4.69, 9.17) is 0 Å². The number of piperidine rings is 1. The van der Waals surface area contributed by atoms with Crippen LogP contribution in [0.5, 0.6) is 0 Å². The number of hydrogen-bond donors (Lipinski definition) is 0. The van der Waals surface area contributed by atoms with Gasteiger partial charge in [0.25, 0.3) is 5.91 Å². The molecule has 2 fully saturated rings. The third-order valence-electron chi connectivity index (χ3n) is 5.74. The van der Waals surface area contributed by atoms with E-state index in [1.807, 2.05) is 15.5 Å². The fourth-order valence-electron chi connectivity index (χ4n) is 4.18. The molecule has 2 aromatic heterocycles. The highest BCUT2D eigenvalue weighted by Gasteiger charge is 2.27. The zero-order valence-corrected chi connectivity index (χ0v) is 15.2. The standard InChI is InChI=1S/C19H27N5O/c1-14(2)22-11-6-15(7-12-22)16-5-8-20-18-17(21-13-24(16)18)19(25)23-9-3-4-10-23/h5,8,13-15H,3-4,6-7,9-12H2,1-2H3. The Hall–Kier alpha value is -1.95. The molecule has 25 heavy (non-hydrogen) atoms. The lowest BCUT2D eigenvalue weighted by Crippen LogP contribution is -2.38. The summed E-state index contributed by atoms with van der Waals surface area (Å²) in [6, 6.07) is 2.70. The zero-order chi connectivity index (χ0) is 17.4. The molecule has 0 atom stereocenters. The Labute approximate surface area is 148 Å². The van der Waals surface area contributed by atoms with Crippen molar-refractivity contribution in [3.8, 4) is 0 Å². The normalized spacial score (nSPS) is 20.0. The maximum atomic E-state index is 12.7. The SMILES string of the molecule is CC(C)N1CCC(c2ccnc3c(C(=O)N4CCCC4)ncn23)CC1. The van der Waals surface area contributed by atoms with Crippen molar-refractivity contribution in [2.75, 3.05) is 26.2 Å². The van der Waals surface area contributed by atoms with Gasteiger partial charge in [0.15, 0.2) is 11.3 Å². The Bertz CT molecular complexity index is 754. The Balaban J connectivity index is 1.60. The van der Waals surface area contributed by atoms with Gasteiger partial charge in [0.05, 0.1) is 0 Å². The van der Waals surface area contributed by atoms with Gasteiger partial charge < -0.3 is 9.80 Å². The number of rotatable bonds is 3. The Morgan fingerprint density at radius 1 is 1.12 bits per heavy atom. The highest BCUT2D eigenvalue weighted by Crippen LogP contribution is 2.29. The van der Waals surface area contributed by atoms with Gasteiger partial charge in [0, 0.05) is 36.9 Å². The largest absolute Gasteiger partial charge is 0.337 e. The summed E-state index contributed by atoms with van der Waals surface area (Å²) >= 11 is 0. The summed E-state index contributed by atoms with van der Waals surface area (Å²) in [5.74, 6) is 0.531. The molecular weight excluding hydrogens is 314 g/mol. The second kappa shape index (κ2) is 6.75. The molecule has 0 aliphatic carbocycles. The van der Waals surface area contributed by atoms with E-state index in [2.05, 4.69) is 34.8 Å². The van der Waals surface area contributed by atoms with Crippen LogP contribution in [0.15, 0.2) is 18.6 Å². The molecule has 2 aliphatic heterocycles. The molecule has 0 spiro atoms. The molecule has 2 saturated heterocycles. The minimum atomic E-state index is 0.0271. The average molecular weight is 341 g/mol. The predicted molar refractivity (Wildman–Crippen MR) is 96.8 cm³/mol. The van der Waals surface area contributed by atoms with Gasteiger partial charge in [0.1, 0.15) is 6.33 Å². The number of nitrogens with zero attached hydrogens (tertiary/aromatic N) is 5. The van der Waals surface area contributed by atoms with Gasteiger partial charge in [-0.25, -0.2) is 9.97 Å². The fourth-order valence-corrected chi connectivity index (χ4v) is 4.18. The highest BCUT2D eigenvalue weighted by atomic mass is 16.2. The molecule has 0 bridgehead atoms. The molecule has 6 nitrogen and oxygen atoms in total. The minimum absolute atomic E-state index is 0.0271. The van der Waals surface area contributed by atoms with E-state index in [1.54, 1.807) is 6.33 Å². The van der Waals surface area contributed by atoms with E-state index in [0.717, 1.165) is 51.9 Å². The smallest absolute Gasteiger partial charge is 0.276 e. The van der Waals surface area contributed by atoms with Gasteiger partial charge >= 0.3 is 0 Å². The van der Waals surface area contributed by atoms with Crippen LogP contribution in [0.25, 0.3) is 5.65 Å². The maximum Gasteiger partial charge on any atom is 0.276 e. The number of aromatic nitrogens is 3. The van der Waals surface area contributed by atoms with Crippen molar-refractivity contribution in [1.29, 1.82) is 0 Å². The van der Waals surface area contributed by atoms with Crippen molar-refractivity contribution in [2.24, 2.45) is 0 Å². The van der Waals surface area contributed by atoms with Gasteiger partial charge in [-0.05, 0) is 58.7 Å². The monoisotopic (exact) mass is 341 g/mol. The zero-order valence-electron chi connectivity index (χ0n) is 15.2. The van der Waals surface area contributed by atoms with E-state index < -0.39 is 0 Å². The van der Waals surface area contributed by atoms with Gasteiger partial charge in [-0.15, -0.1) is 0 Å². The lowest BCUT2D eigenvalue weighted by atomic mass is 9.92. The summed E-state index contributed by atoms with van der Waals surface area (Å²) in [4.78, 5) is 26.1. The van der Waals surface area contributed by atoms with Crippen LogP contribution >= 0.6 is 0 Å². The molecule has 2 aliphatic rings. The number of likely N-dealkylation sites (tertiary alicyclic amines) is 2. The summed E-state index contributed by atoms with van der Waals surface area (Å²) in [5.41, 5.74) is 2.45. The van der Waals surface area contributed by atoms with Crippen LogP contribution in [-0.4, -0.2) is 62.3 Å². The third-order valence-corrected chi connectivity index (χ3v) is 5.74. The number of fused-ring (bicyclic) bond motifs is 1. The number of hydrogen-bond acceptors (Lipinski definition) is 4. The molecule has 2 aromatic rings. The van der Waals surface area contributed by atoms with Gasteiger partial charge in [-0.3, -0.25) is 9.20 Å². The van der Waals surface area contributed by atoms with Gasteiger partial charge in [-0.1, -0.05) is 0 Å². The Kier molecular flexibility index (Phi) is 4.46. The predicted octanol–water partition coefficient (Wildman–Crippen LogP) is 2.55. The van der Waals surface area contributed by atoms with Gasteiger partial charge in [-0.2, -0.15) is 0 Å². The molecule has 0 N–H and O–H groups in total. The van der Waals surface area contributed by atoms with E-state index in [1.165, 1.54) is 5.69 Å². The van der Waals surface area contributed by atoms with Gasteiger partial charge in [0.2, 0.25) is 0 Å². The first-order valence-corrected chi connectivity index (χ1v) is 9.50. The van der Waals surface area contributed by atoms with Crippen molar-refractivity contribution < 1.29 is 4.79 Å². The van der Waals surface area contributed by atoms with Crippen LogP contribution in [0.3, 0.4) is 0 Å². The van der Waals surface area contributed by atoms with Crippen LogP contribution in [0.4, 0.5) is 0 Å². The van der Waals surface area contributed by atoms with Crippen molar-refractivity contribution >= 4 is 11.6 Å². The topological polar surface area (TPSA) is 53.7 Å². The molecular formula is C19H27N5O. The quantitative estimate of drug-likeness (QED) is 0.861. The summed E-state index contributed by atoms with van der Waals surface area (Å²) in [6.07, 6.45) is 8.09. The van der Waals surface area contributed by atoms with Crippen molar-refractivity contribution in [2.45, 2.75) is 51.5 Å². The number of imidazole rings is 1. The molecule has 134 valence electrons. The first kappa shape index (κ1) is 16.5. The minimum Gasteiger partial charge on any atom is -0.337 e. The molecule has 0 unspecified atom stereocenters. The molecule has 1 amide bonds. The lowest BCUT2D eigenvalue weighted by molar-refractivity contribution is 0.0789. The van der Waals surface area contributed by atoms with Crippen LogP contribution in [0.1, 0.15) is 61.6 Å². The molecule has 4 rings (SSSR count). The van der Waals surface area contributed by atoms with Crippen molar-refractivity contribution in [3.63, 3.8) is 0 Å². The first-order valence-electron chi connectivity index (χ1n) is 9.50. The Morgan fingerprint density at radius 3 is 2.52 bits per heavy atom. The lowest BCUT2D eigenvalue weighted by Gasteiger charge is -2.34. The molecule has 0 saturated carbocycles. The van der Waals surface area contributed by atoms with Crippen molar-refractivity contribution in [3.05, 3.63) is 30.0 Å². The van der Waals surface area contributed by atoms with Crippen LogP contribution in [-0.2, 0) is 0 Å². The highest BCUT2D eigenvalue weighted by molar-refractivity contribution is 5.98. The average Bonchev–Trinajstić information content (AvgIpc) is 3.31. The van der Waals surface area contributed by atoms with Crippen LogP contribution in [0.2, 0.25) is 0 Å². The summed E-state index contributed by atoms with van der Waals surface area (Å²) in [5, 5.41) is 0. The van der Waals surface area contributed by atoms with Crippen molar-refractivity contribution in [1.82, 2.24) is 24.2 Å². The van der Waals surface area contributed by atoms with E-state index >= 15 is 0 Å². The maximum absolute atomic E-state index is 12.7. The molecule has 0 aromatic carbocycles. The van der Waals surface area contributed by atoms with E-state index in [-0.39, 0.29) is 5.91 Å². The van der Waals surface area contributed by atoms with Crippen LogP contribution < -0.4 is 0 Å². The second-order valence-electron chi connectivity index (χ2n) is 7.56. The van der Waals surface area contributed by atoms with Crippen LogP contribution in [0, 0.1) is 0 Å². The fraction of sp³-hybridized carbons (Fsp3) is 0.632. The van der Waals surface area contributed by atoms with E-state index in [0.29, 0.717) is 23.3 Å². The first-order chi connectivity index (χ1) is 12.1. The molecule has 4 heterocycles. The number of carbonyl (C=O) groups is 1. The summed E-state index contributed by atoms with van der Waals surface area (Å²) < 4.78 is 2.04. The molecule has 6 heteroatoms. The molecule has 0 radical (unpaired) electrons. The number of carbonyl (C=O) groups excluding carboxylic acids is 1. The Morgan fingerprint density at radius 2 is 1.84 bits per heavy atom. The second-order valence-corrected chi connectivity index (χ2v) is 7.56.